The molecule has 2 aliphatic rings. The number of amides is 2. The Hall–Kier alpha value is -1.92. The lowest BCUT2D eigenvalue weighted by Gasteiger charge is -2.43. The summed E-state index contributed by atoms with van der Waals surface area (Å²) in [4.78, 5) is 29.5. The molecule has 2 amide bonds. The summed E-state index contributed by atoms with van der Waals surface area (Å²) in [5.74, 6) is 0.591. The Kier molecular flexibility index (Phi) is 5.63. The first-order valence-electron chi connectivity index (χ1n) is 9.54. The van der Waals surface area contributed by atoms with Crippen molar-refractivity contribution in [3.63, 3.8) is 0 Å². The minimum Gasteiger partial charge on any atom is -0.322 e. The minimum absolute atomic E-state index is 0.00836. The summed E-state index contributed by atoms with van der Waals surface area (Å²) in [5.41, 5.74) is 0.596. The number of carbonyl (C=O) groups excluding carboxylic acids is 2. The van der Waals surface area contributed by atoms with Gasteiger partial charge in [0.05, 0.1) is 17.9 Å². The van der Waals surface area contributed by atoms with E-state index in [-0.39, 0.29) is 11.8 Å². The Balaban J connectivity index is 1.68. The maximum absolute atomic E-state index is 13.1. The van der Waals surface area contributed by atoms with Crippen LogP contribution in [0.5, 0.6) is 0 Å². The van der Waals surface area contributed by atoms with Crippen molar-refractivity contribution in [3.05, 3.63) is 24.3 Å². The number of piperidine rings is 1. The summed E-state index contributed by atoms with van der Waals surface area (Å²) in [6, 6.07) is 7.52. The standard InChI is InChI=1S/C20H30N4O2/c1-20(2)19(26)22-16-6-4-5-7-17(16)24(20)18(25)14-23-12-9-15(10-13-23)8-11-21-3/h4-7,15,21H,8-14H2,1-3H3,(H,22,26). The van der Waals surface area contributed by atoms with Gasteiger partial charge in [-0.05, 0) is 77.8 Å². The Morgan fingerprint density at radius 3 is 2.65 bits per heavy atom. The average molecular weight is 358 g/mol. The van der Waals surface area contributed by atoms with Crippen LogP contribution in [0.15, 0.2) is 24.3 Å². The van der Waals surface area contributed by atoms with Crippen LogP contribution in [0, 0.1) is 5.92 Å². The highest BCUT2D eigenvalue weighted by Gasteiger charge is 2.43. The van der Waals surface area contributed by atoms with Crippen molar-refractivity contribution in [1.82, 2.24) is 10.2 Å². The summed E-state index contributed by atoms with van der Waals surface area (Å²) in [6.45, 7) is 6.92. The van der Waals surface area contributed by atoms with Gasteiger partial charge < -0.3 is 10.6 Å². The topological polar surface area (TPSA) is 64.7 Å². The second-order valence-electron chi connectivity index (χ2n) is 7.87. The van der Waals surface area contributed by atoms with Gasteiger partial charge in [0, 0.05) is 0 Å². The molecule has 1 fully saturated rings. The van der Waals surface area contributed by atoms with Gasteiger partial charge in [-0.3, -0.25) is 19.4 Å². The molecule has 142 valence electrons. The summed E-state index contributed by atoms with van der Waals surface area (Å²) < 4.78 is 0. The number of nitrogens with one attached hydrogen (secondary N) is 2. The van der Waals surface area contributed by atoms with Crippen LogP contribution in [-0.4, -0.2) is 55.5 Å². The van der Waals surface area contributed by atoms with E-state index in [2.05, 4.69) is 15.5 Å². The van der Waals surface area contributed by atoms with E-state index in [1.54, 1.807) is 18.7 Å². The number of hydrogen-bond acceptors (Lipinski definition) is 4. The molecule has 0 bridgehead atoms. The lowest BCUT2D eigenvalue weighted by atomic mass is 9.93. The molecular formula is C20H30N4O2. The van der Waals surface area contributed by atoms with Gasteiger partial charge in [-0.15, -0.1) is 0 Å². The normalized spacial score (nSPS) is 20.6. The molecule has 0 atom stereocenters. The summed E-state index contributed by atoms with van der Waals surface area (Å²) in [7, 11) is 1.99. The highest BCUT2D eigenvalue weighted by atomic mass is 16.2. The Morgan fingerprint density at radius 1 is 1.27 bits per heavy atom. The van der Waals surface area contributed by atoms with Gasteiger partial charge in [0.15, 0.2) is 0 Å². The SMILES string of the molecule is CNCCC1CCN(CC(=O)N2c3ccccc3NC(=O)C2(C)C)CC1. The van der Waals surface area contributed by atoms with Gasteiger partial charge in [-0.25, -0.2) is 0 Å². The van der Waals surface area contributed by atoms with Crippen molar-refractivity contribution in [2.24, 2.45) is 5.92 Å². The van der Waals surface area contributed by atoms with Crippen LogP contribution in [0.2, 0.25) is 0 Å². The predicted molar refractivity (Wildman–Crippen MR) is 104 cm³/mol. The molecule has 2 aliphatic heterocycles. The Morgan fingerprint density at radius 2 is 1.96 bits per heavy atom. The molecule has 0 saturated carbocycles. The zero-order valence-corrected chi connectivity index (χ0v) is 16.0. The maximum atomic E-state index is 13.1. The number of rotatable bonds is 5. The Bertz CT molecular complexity index is 666. The molecule has 1 saturated heterocycles. The molecule has 26 heavy (non-hydrogen) atoms. The number of carbonyl (C=O) groups is 2. The molecule has 2 N–H and O–H groups in total. The van der Waals surface area contributed by atoms with Crippen molar-refractivity contribution in [2.45, 2.75) is 38.6 Å². The first-order valence-corrected chi connectivity index (χ1v) is 9.54. The first kappa shape index (κ1) is 18.9. The van der Waals surface area contributed by atoms with Gasteiger partial charge in [0.25, 0.3) is 0 Å². The molecule has 0 spiro atoms. The van der Waals surface area contributed by atoms with Gasteiger partial charge in [-0.1, -0.05) is 12.1 Å². The van der Waals surface area contributed by atoms with Crippen molar-refractivity contribution < 1.29 is 9.59 Å². The molecule has 0 unspecified atom stereocenters. The van der Waals surface area contributed by atoms with E-state index in [0.29, 0.717) is 12.2 Å². The number of nitrogens with zero attached hydrogens (tertiary/aromatic N) is 2. The third kappa shape index (κ3) is 3.76. The smallest absolute Gasteiger partial charge is 0.250 e. The fourth-order valence-corrected chi connectivity index (χ4v) is 3.94. The van der Waals surface area contributed by atoms with E-state index >= 15 is 0 Å². The summed E-state index contributed by atoms with van der Waals surface area (Å²) in [5, 5.41) is 6.12. The van der Waals surface area contributed by atoms with Crippen LogP contribution < -0.4 is 15.5 Å². The molecule has 3 rings (SSSR count). The van der Waals surface area contributed by atoms with E-state index in [4.69, 9.17) is 0 Å². The molecule has 1 aromatic rings. The molecule has 1 aromatic carbocycles. The van der Waals surface area contributed by atoms with E-state index in [9.17, 15) is 9.59 Å². The van der Waals surface area contributed by atoms with E-state index in [0.717, 1.165) is 44.1 Å². The van der Waals surface area contributed by atoms with Gasteiger partial charge >= 0.3 is 0 Å². The molecule has 0 aromatic heterocycles. The maximum Gasteiger partial charge on any atom is 0.250 e. The minimum atomic E-state index is -0.892. The van der Waals surface area contributed by atoms with Crippen LogP contribution in [0.3, 0.4) is 0 Å². The second-order valence-corrected chi connectivity index (χ2v) is 7.87. The van der Waals surface area contributed by atoms with E-state index < -0.39 is 5.54 Å². The average Bonchev–Trinajstić information content (AvgIpc) is 2.62. The number of benzene rings is 1. The molecule has 6 heteroatoms. The van der Waals surface area contributed by atoms with Gasteiger partial charge in [-0.2, -0.15) is 0 Å². The monoisotopic (exact) mass is 358 g/mol. The van der Waals surface area contributed by atoms with Crippen LogP contribution in [0.4, 0.5) is 11.4 Å². The molecule has 0 radical (unpaired) electrons. The van der Waals surface area contributed by atoms with Crippen molar-refractivity contribution in [3.8, 4) is 0 Å². The molecule has 2 heterocycles. The second kappa shape index (κ2) is 7.76. The van der Waals surface area contributed by atoms with Crippen molar-refractivity contribution in [1.29, 1.82) is 0 Å². The largest absolute Gasteiger partial charge is 0.322 e. The number of para-hydroxylation sites is 2. The highest BCUT2D eigenvalue weighted by molar-refractivity contribution is 6.14. The summed E-state index contributed by atoms with van der Waals surface area (Å²) >= 11 is 0. The van der Waals surface area contributed by atoms with Crippen LogP contribution in [0.1, 0.15) is 33.1 Å². The van der Waals surface area contributed by atoms with Crippen LogP contribution in [-0.2, 0) is 9.59 Å². The lowest BCUT2D eigenvalue weighted by molar-refractivity contribution is -0.127. The van der Waals surface area contributed by atoms with Crippen molar-refractivity contribution >= 4 is 23.2 Å². The van der Waals surface area contributed by atoms with Crippen molar-refractivity contribution in [2.75, 3.05) is 43.4 Å². The van der Waals surface area contributed by atoms with Crippen LogP contribution in [0.25, 0.3) is 0 Å². The highest BCUT2D eigenvalue weighted by Crippen LogP contribution is 2.36. The fourth-order valence-electron chi connectivity index (χ4n) is 3.94. The fraction of sp³-hybridized carbons (Fsp3) is 0.600. The third-order valence-electron chi connectivity index (χ3n) is 5.63. The summed E-state index contributed by atoms with van der Waals surface area (Å²) in [6.07, 6.45) is 3.47. The van der Waals surface area contributed by atoms with E-state index in [1.807, 2.05) is 31.3 Å². The Labute approximate surface area is 155 Å². The number of fused-ring (bicyclic) bond motifs is 1. The number of anilines is 2. The quantitative estimate of drug-likeness (QED) is 0.846. The number of hydrogen-bond donors (Lipinski definition) is 2. The third-order valence-corrected chi connectivity index (χ3v) is 5.63. The lowest BCUT2D eigenvalue weighted by Crippen LogP contribution is -2.60. The van der Waals surface area contributed by atoms with E-state index in [1.165, 1.54) is 6.42 Å². The molecule has 6 nitrogen and oxygen atoms in total. The molecule has 0 aliphatic carbocycles. The van der Waals surface area contributed by atoms with Crippen LogP contribution >= 0.6 is 0 Å². The predicted octanol–water partition coefficient (Wildman–Crippen LogP) is 2.07. The van der Waals surface area contributed by atoms with Gasteiger partial charge in [0.1, 0.15) is 5.54 Å². The molecular weight excluding hydrogens is 328 g/mol. The van der Waals surface area contributed by atoms with Gasteiger partial charge in [0.2, 0.25) is 11.8 Å². The zero-order valence-electron chi connectivity index (χ0n) is 16.0. The first-order chi connectivity index (χ1) is 12.4. The number of likely N-dealkylation sites (tertiary alicyclic amines) is 1. The zero-order chi connectivity index (χ0) is 18.7.